The molecule has 6 nitrogen and oxygen atoms in total. The Morgan fingerprint density at radius 1 is 1.14 bits per heavy atom. The largest absolute Gasteiger partial charge is 0.468 e. The first-order valence-corrected chi connectivity index (χ1v) is 7.50. The van der Waals surface area contributed by atoms with Crippen LogP contribution in [0.25, 0.3) is 0 Å². The van der Waals surface area contributed by atoms with E-state index >= 15 is 0 Å². The SMILES string of the molecule is COC(=O)CN1CCC2(CC1)CN(C(=O)OC(C)(C)C)C2. The summed E-state index contributed by atoms with van der Waals surface area (Å²) in [5.41, 5.74) is -0.215. The highest BCUT2D eigenvalue weighted by Crippen LogP contribution is 2.40. The molecule has 2 rings (SSSR count). The normalized spacial score (nSPS) is 21.8. The Balaban J connectivity index is 1.75. The fourth-order valence-corrected chi connectivity index (χ4v) is 2.97. The molecule has 2 aliphatic heterocycles. The van der Waals surface area contributed by atoms with Gasteiger partial charge in [-0.15, -0.1) is 0 Å². The minimum Gasteiger partial charge on any atom is -0.468 e. The molecule has 0 saturated carbocycles. The van der Waals surface area contributed by atoms with E-state index < -0.39 is 5.60 Å². The quantitative estimate of drug-likeness (QED) is 0.723. The highest BCUT2D eigenvalue weighted by atomic mass is 16.6. The van der Waals surface area contributed by atoms with Crippen LogP contribution >= 0.6 is 0 Å². The fraction of sp³-hybridized carbons (Fsp3) is 0.867. The molecule has 0 unspecified atom stereocenters. The van der Waals surface area contributed by atoms with Gasteiger partial charge in [0, 0.05) is 18.5 Å². The maximum atomic E-state index is 11.9. The van der Waals surface area contributed by atoms with Crippen molar-refractivity contribution in [3.05, 3.63) is 0 Å². The van der Waals surface area contributed by atoms with Gasteiger partial charge < -0.3 is 14.4 Å². The van der Waals surface area contributed by atoms with Crippen LogP contribution in [0.15, 0.2) is 0 Å². The Morgan fingerprint density at radius 3 is 2.19 bits per heavy atom. The second kappa shape index (κ2) is 5.83. The van der Waals surface area contributed by atoms with Gasteiger partial charge in [-0.05, 0) is 46.7 Å². The summed E-state index contributed by atoms with van der Waals surface area (Å²) in [7, 11) is 1.42. The third kappa shape index (κ3) is 4.09. The van der Waals surface area contributed by atoms with Gasteiger partial charge in [-0.2, -0.15) is 0 Å². The maximum Gasteiger partial charge on any atom is 0.410 e. The third-order valence-electron chi connectivity index (χ3n) is 4.20. The number of methoxy groups -OCH3 is 1. The van der Waals surface area contributed by atoms with E-state index in [4.69, 9.17) is 9.47 Å². The zero-order valence-electron chi connectivity index (χ0n) is 13.5. The molecule has 120 valence electrons. The number of carbonyl (C=O) groups is 2. The van der Waals surface area contributed by atoms with Crippen LogP contribution < -0.4 is 0 Å². The minimum absolute atomic E-state index is 0.185. The molecule has 0 aromatic rings. The summed E-state index contributed by atoms with van der Waals surface area (Å²) in [6, 6.07) is 0. The number of nitrogens with zero attached hydrogens (tertiary/aromatic N) is 2. The number of ether oxygens (including phenoxy) is 2. The van der Waals surface area contributed by atoms with E-state index in [0.717, 1.165) is 39.0 Å². The molecule has 2 heterocycles. The molecular weight excluding hydrogens is 272 g/mol. The van der Waals surface area contributed by atoms with E-state index in [1.807, 2.05) is 20.8 Å². The van der Waals surface area contributed by atoms with E-state index in [0.29, 0.717) is 6.54 Å². The first kappa shape index (κ1) is 16.1. The summed E-state index contributed by atoms with van der Waals surface area (Å²) >= 11 is 0. The van der Waals surface area contributed by atoms with Gasteiger partial charge in [0.1, 0.15) is 5.60 Å². The number of carbonyl (C=O) groups excluding carboxylic acids is 2. The first-order chi connectivity index (χ1) is 9.73. The number of rotatable bonds is 2. The van der Waals surface area contributed by atoms with Crippen LogP contribution in [-0.4, -0.2) is 67.3 Å². The van der Waals surface area contributed by atoms with Gasteiger partial charge in [0.2, 0.25) is 0 Å². The standard InChI is InChI=1S/C15H26N2O4/c1-14(2,3)21-13(19)17-10-15(11-17)5-7-16(8-6-15)9-12(18)20-4/h5-11H2,1-4H3. The van der Waals surface area contributed by atoms with Crippen LogP contribution in [0.2, 0.25) is 0 Å². The number of piperidine rings is 1. The molecular formula is C15H26N2O4. The maximum absolute atomic E-state index is 11.9. The van der Waals surface area contributed by atoms with Crippen molar-refractivity contribution in [1.29, 1.82) is 0 Å². The lowest BCUT2D eigenvalue weighted by molar-refractivity contribution is -0.143. The second-order valence-electron chi connectivity index (χ2n) is 7.19. The van der Waals surface area contributed by atoms with Gasteiger partial charge in [-0.1, -0.05) is 0 Å². The molecule has 0 atom stereocenters. The Hall–Kier alpha value is -1.30. The zero-order chi connectivity index (χ0) is 15.7. The molecule has 2 aliphatic rings. The lowest BCUT2D eigenvalue weighted by atomic mass is 9.72. The molecule has 0 aromatic carbocycles. The summed E-state index contributed by atoms with van der Waals surface area (Å²) < 4.78 is 10.1. The van der Waals surface area contributed by atoms with Crippen LogP contribution in [0.3, 0.4) is 0 Å². The predicted octanol–water partition coefficient (Wildman–Crippen LogP) is 1.49. The lowest BCUT2D eigenvalue weighted by Crippen LogP contribution is -2.62. The second-order valence-corrected chi connectivity index (χ2v) is 7.19. The summed E-state index contributed by atoms with van der Waals surface area (Å²) in [6.45, 7) is 9.32. The van der Waals surface area contributed by atoms with Gasteiger partial charge >= 0.3 is 12.1 Å². The third-order valence-corrected chi connectivity index (χ3v) is 4.20. The number of likely N-dealkylation sites (tertiary alicyclic amines) is 2. The van der Waals surface area contributed by atoms with Crippen LogP contribution in [0.5, 0.6) is 0 Å². The monoisotopic (exact) mass is 298 g/mol. The van der Waals surface area contributed by atoms with Crippen molar-refractivity contribution in [2.45, 2.75) is 39.2 Å². The molecule has 0 radical (unpaired) electrons. The minimum atomic E-state index is -0.441. The van der Waals surface area contributed by atoms with Gasteiger partial charge in [0.15, 0.2) is 0 Å². The molecule has 21 heavy (non-hydrogen) atoms. The molecule has 0 N–H and O–H groups in total. The van der Waals surface area contributed by atoms with Gasteiger partial charge in [-0.25, -0.2) is 4.79 Å². The molecule has 0 aromatic heterocycles. The van der Waals surface area contributed by atoms with Crippen molar-refractivity contribution in [2.75, 3.05) is 39.8 Å². The van der Waals surface area contributed by atoms with E-state index in [-0.39, 0.29) is 17.5 Å². The number of hydrogen-bond donors (Lipinski definition) is 0. The Morgan fingerprint density at radius 2 is 1.71 bits per heavy atom. The summed E-state index contributed by atoms with van der Waals surface area (Å²) in [5, 5.41) is 0. The molecule has 0 bridgehead atoms. The fourth-order valence-electron chi connectivity index (χ4n) is 2.97. The van der Waals surface area contributed by atoms with Crippen LogP contribution in [-0.2, 0) is 14.3 Å². The van der Waals surface area contributed by atoms with Gasteiger partial charge in [-0.3, -0.25) is 9.69 Å². The van der Waals surface area contributed by atoms with E-state index in [1.165, 1.54) is 7.11 Å². The van der Waals surface area contributed by atoms with E-state index in [1.54, 1.807) is 4.90 Å². The average molecular weight is 298 g/mol. The van der Waals surface area contributed by atoms with Crippen LogP contribution in [0.1, 0.15) is 33.6 Å². The highest BCUT2D eigenvalue weighted by Gasteiger charge is 2.47. The number of amides is 1. The summed E-state index contributed by atoms with van der Waals surface area (Å²) in [5.74, 6) is -0.185. The van der Waals surface area contributed by atoms with Crippen molar-refractivity contribution in [1.82, 2.24) is 9.80 Å². The molecule has 1 amide bonds. The van der Waals surface area contributed by atoms with Crippen molar-refractivity contribution < 1.29 is 19.1 Å². The molecule has 2 saturated heterocycles. The molecule has 1 spiro atoms. The van der Waals surface area contributed by atoms with Crippen LogP contribution in [0, 0.1) is 5.41 Å². The van der Waals surface area contributed by atoms with Gasteiger partial charge in [0.05, 0.1) is 13.7 Å². The van der Waals surface area contributed by atoms with Crippen molar-refractivity contribution in [3.8, 4) is 0 Å². The van der Waals surface area contributed by atoms with E-state index in [2.05, 4.69) is 4.90 Å². The predicted molar refractivity (Wildman–Crippen MR) is 77.9 cm³/mol. The van der Waals surface area contributed by atoms with Crippen molar-refractivity contribution in [2.24, 2.45) is 5.41 Å². The summed E-state index contributed by atoms with van der Waals surface area (Å²) in [6.07, 6.45) is 1.82. The Labute approximate surface area is 126 Å². The Kier molecular flexibility index (Phi) is 4.46. The Bertz CT molecular complexity index is 400. The first-order valence-electron chi connectivity index (χ1n) is 7.50. The zero-order valence-corrected chi connectivity index (χ0v) is 13.5. The van der Waals surface area contributed by atoms with E-state index in [9.17, 15) is 9.59 Å². The highest BCUT2D eigenvalue weighted by molar-refractivity contribution is 5.71. The van der Waals surface area contributed by atoms with Crippen molar-refractivity contribution in [3.63, 3.8) is 0 Å². The van der Waals surface area contributed by atoms with Gasteiger partial charge in [0.25, 0.3) is 0 Å². The van der Waals surface area contributed by atoms with Crippen molar-refractivity contribution >= 4 is 12.1 Å². The topological polar surface area (TPSA) is 59.1 Å². The molecule has 0 aliphatic carbocycles. The smallest absolute Gasteiger partial charge is 0.410 e. The lowest BCUT2D eigenvalue weighted by Gasteiger charge is -2.53. The summed E-state index contributed by atoms with van der Waals surface area (Å²) in [4.78, 5) is 27.1. The average Bonchev–Trinajstić information content (AvgIpc) is 2.34. The number of esters is 1. The van der Waals surface area contributed by atoms with Crippen LogP contribution in [0.4, 0.5) is 4.79 Å². The molecule has 6 heteroatoms. The molecule has 2 fully saturated rings. The number of hydrogen-bond acceptors (Lipinski definition) is 5.